The first kappa shape index (κ1) is 17.8. The number of rotatable bonds is 5. The number of carbonyl (C=O) groups excluding carboxylic acids is 1. The summed E-state index contributed by atoms with van der Waals surface area (Å²) >= 11 is 0. The van der Waals surface area contributed by atoms with E-state index < -0.39 is 0 Å². The minimum absolute atomic E-state index is 0.0637. The van der Waals surface area contributed by atoms with Gasteiger partial charge in [-0.3, -0.25) is 4.79 Å². The van der Waals surface area contributed by atoms with Gasteiger partial charge in [0.1, 0.15) is 0 Å². The predicted octanol–water partition coefficient (Wildman–Crippen LogP) is 3.82. The molecule has 0 unspecified atom stereocenters. The second kappa shape index (κ2) is 7.55. The average Bonchev–Trinajstić information content (AvgIpc) is 3.30. The minimum Gasteiger partial charge on any atom is -0.343 e. The molecular formula is C21H27N5O. The fourth-order valence-electron chi connectivity index (χ4n) is 4.09. The normalized spacial score (nSPS) is 15.3. The molecule has 1 aliphatic rings. The number of carbonyl (C=O) groups is 1. The van der Waals surface area contributed by atoms with E-state index in [1.165, 1.54) is 35.9 Å². The van der Waals surface area contributed by atoms with Gasteiger partial charge in [0.15, 0.2) is 5.69 Å². The number of benzene rings is 1. The summed E-state index contributed by atoms with van der Waals surface area (Å²) in [5, 5.41) is 9.60. The Bertz CT molecular complexity index is 935. The molecule has 4 rings (SSSR count). The second-order valence-corrected chi connectivity index (χ2v) is 7.60. The number of aryl methyl sites for hydroxylation is 1. The van der Waals surface area contributed by atoms with Crippen molar-refractivity contribution in [3.63, 3.8) is 0 Å². The number of fused-ring (bicyclic) bond motifs is 1. The zero-order valence-electron chi connectivity index (χ0n) is 16.1. The summed E-state index contributed by atoms with van der Waals surface area (Å²) in [6, 6.07) is 10.9. The summed E-state index contributed by atoms with van der Waals surface area (Å²) in [4.78, 5) is 14.5. The maximum Gasteiger partial charge on any atom is 0.275 e. The SMILES string of the molecule is Cc1cc2ccccc2n1CCN(C)C(=O)c1cn(C2CCCCC2)nn1. The van der Waals surface area contributed by atoms with Crippen LogP contribution in [-0.4, -0.2) is 44.0 Å². The van der Waals surface area contributed by atoms with Crippen LogP contribution in [0.1, 0.15) is 54.3 Å². The van der Waals surface area contributed by atoms with Gasteiger partial charge in [0, 0.05) is 31.3 Å². The molecular weight excluding hydrogens is 338 g/mol. The zero-order chi connectivity index (χ0) is 18.8. The molecule has 0 bridgehead atoms. The molecule has 0 N–H and O–H groups in total. The molecule has 1 aromatic carbocycles. The Morgan fingerprint density at radius 2 is 2.00 bits per heavy atom. The predicted molar refractivity (Wildman–Crippen MR) is 106 cm³/mol. The molecule has 1 aliphatic carbocycles. The van der Waals surface area contributed by atoms with Crippen LogP contribution in [0.25, 0.3) is 10.9 Å². The van der Waals surface area contributed by atoms with Crippen LogP contribution in [0.5, 0.6) is 0 Å². The topological polar surface area (TPSA) is 56.0 Å². The van der Waals surface area contributed by atoms with Crippen molar-refractivity contribution in [2.75, 3.05) is 13.6 Å². The van der Waals surface area contributed by atoms with Crippen LogP contribution in [0.3, 0.4) is 0 Å². The summed E-state index contributed by atoms with van der Waals surface area (Å²) < 4.78 is 4.15. The van der Waals surface area contributed by atoms with Crippen LogP contribution in [0, 0.1) is 6.92 Å². The summed E-state index contributed by atoms with van der Waals surface area (Å²) in [7, 11) is 1.84. The van der Waals surface area contributed by atoms with E-state index in [0.29, 0.717) is 18.3 Å². The first-order chi connectivity index (χ1) is 13.1. The van der Waals surface area contributed by atoms with Crippen LogP contribution in [0.4, 0.5) is 0 Å². The first-order valence-corrected chi connectivity index (χ1v) is 9.85. The van der Waals surface area contributed by atoms with E-state index in [0.717, 1.165) is 19.4 Å². The van der Waals surface area contributed by atoms with Gasteiger partial charge in [0.25, 0.3) is 5.91 Å². The maximum absolute atomic E-state index is 12.7. The lowest BCUT2D eigenvalue weighted by Gasteiger charge is -2.21. The smallest absolute Gasteiger partial charge is 0.275 e. The van der Waals surface area contributed by atoms with Gasteiger partial charge in [-0.2, -0.15) is 0 Å². The number of nitrogens with zero attached hydrogens (tertiary/aromatic N) is 5. The molecule has 0 saturated heterocycles. The van der Waals surface area contributed by atoms with Crippen LogP contribution >= 0.6 is 0 Å². The summed E-state index contributed by atoms with van der Waals surface area (Å²) in [5.74, 6) is -0.0637. The molecule has 0 radical (unpaired) electrons. The lowest BCUT2D eigenvalue weighted by Crippen LogP contribution is -2.30. The largest absolute Gasteiger partial charge is 0.343 e. The van der Waals surface area contributed by atoms with E-state index >= 15 is 0 Å². The van der Waals surface area contributed by atoms with Crippen LogP contribution in [-0.2, 0) is 6.54 Å². The third kappa shape index (κ3) is 3.61. The van der Waals surface area contributed by atoms with Gasteiger partial charge >= 0.3 is 0 Å². The Kier molecular flexibility index (Phi) is 4.97. The molecule has 0 atom stereocenters. The number of para-hydroxylation sites is 1. The maximum atomic E-state index is 12.7. The standard InChI is InChI=1S/C21H27N5O/c1-16-14-17-8-6-7-11-20(17)25(16)13-12-24(2)21(27)19-15-26(23-22-19)18-9-4-3-5-10-18/h6-8,11,14-15,18H,3-5,9-10,12-13H2,1-2H3. The van der Waals surface area contributed by atoms with Crippen LogP contribution in [0.15, 0.2) is 36.5 Å². The highest BCUT2D eigenvalue weighted by molar-refractivity contribution is 5.91. The average molecular weight is 365 g/mol. The minimum atomic E-state index is -0.0637. The molecule has 6 heteroatoms. The number of hydrogen-bond donors (Lipinski definition) is 0. The Balaban J connectivity index is 1.42. The van der Waals surface area contributed by atoms with E-state index in [2.05, 4.69) is 52.1 Å². The molecule has 0 aliphatic heterocycles. The number of amides is 1. The van der Waals surface area contributed by atoms with E-state index in [9.17, 15) is 4.79 Å². The van der Waals surface area contributed by atoms with E-state index in [1.807, 2.05) is 17.9 Å². The molecule has 1 fully saturated rings. The highest BCUT2D eigenvalue weighted by Crippen LogP contribution is 2.27. The van der Waals surface area contributed by atoms with Crippen molar-refractivity contribution < 1.29 is 4.79 Å². The molecule has 1 saturated carbocycles. The lowest BCUT2D eigenvalue weighted by molar-refractivity contribution is 0.0784. The van der Waals surface area contributed by atoms with E-state index in [4.69, 9.17) is 0 Å². The molecule has 2 heterocycles. The molecule has 2 aromatic heterocycles. The molecule has 142 valence electrons. The van der Waals surface area contributed by atoms with E-state index in [-0.39, 0.29) is 5.91 Å². The van der Waals surface area contributed by atoms with Crippen LogP contribution < -0.4 is 0 Å². The van der Waals surface area contributed by atoms with Gasteiger partial charge < -0.3 is 9.47 Å². The third-order valence-corrected chi connectivity index (χ3v) is 5.70. The van der Waals surface area contributed by atoms with Crippen LogP contribution in [0.2, 0.25) is 0 Å². The van der Waals surface area contributed by atoms with Crippen molar-refractivity contribution in [2.24, 2.45) is 0 Å². The van der Waals surface area contributed by atoms with Crippen molar-refractivity contribution in [2.45, 2.75) is 51.6 Å². The van der Waals surface area contributed by atoms with Gasteiger partial charge in [-0.1, -0.05) is 42.7 Å². The van der Waals surface area contributed by atoms with Gasteiger partial charge in [-0.25, -0.2) is 4.68 Å². The van der Waals surface area contributed by atoms with Gasteiger partial charge in [-0.15, -0.1) is 5.10 Å². The molecule has 3 aromatic rings. The number of aromatic nitrogens is 4. The van der Waals surface area contributed by atoms with Crippen molar-refractivity contribution in [3.05, 3.63) is 47.9 Å². The number of hydrogen-bond acceptors (Lipinski definition) is 3. The Morgan fingerprint density at radius 1 is 1.22 bits per heavy atom. The zero-order valence-corrected chi connectivity index (χ0v) is 16.1. The van der Waals surface area contributed by atoms with Gasteiger partial charge in [0.2, 0.25) is 0 Å². The monoisotopic (exact) mass is 365 g/mol. The Morgan fingerprint density at radius 3 is 2.81 bits per heavy atom. The first-order valence-electron chi connectivity index (χ1n) is 9.85. The Labute approximate surface area is 159 Å². The highest BCUT2D eigenvalue weighted by Gasteiger charge is 2.21. The van der Waals surface area contributed by atoms with Crippen molar-refractivity contribution in [1.82, 2.24) is 24.5 Å². The third-order valence-electron chi connectivity index (χ3n) is 5.70. The molecule has 6 nitrogen and oxygen atoms in total. The van der Waals surface area contributed by atoms with E-state index in [1.54, 1.807) is 4.90 Å². The highest BCUT2D eigenvalue weighted by atomic mass is 16.2. The summed E-state index contributed by atoms with van der Waals surface area (Å²) in [5.41, 5.74) is 2.86. The molecule has 27 heavy (non-hydrogen) atoms. The fourth-order valence-corrected chi connectivity index (χ4v) is 4.09. The lowest BCUT2D eigenvalue weighted by atomic mass is 9.96. The fraction of sp³-hybridized carbons (Fsp3) is 0.476. The molecule has 0 spiro atoms. The van der Waals surface area contributed by atoms with Crippen molar-refractivity contribution in [3.8, 4) is 0 Å². The summed E-state index contributed by atoms with van der Waals surface area (Å²) in [6.45, 7) is 3.50. The second-order valence-electron chi connectivity index (χ2n) is 7.60. The quantitative estimate of drug-likeness (QED) is 0.691. The molecule has 1 amide bonds. The summed E-state index contributed by atoms with van der Waals surface area (Å²) in [6.07, 6.45) is 7.85. The van der Waals surface area contributed by atoms with Crippen molar-refractivity contribution in [1.29, 1.82) is 0 Å². The number of likely N-dealkylation sites (N-methyl/N-ethyl adjacent to an activating group) is 1. The van der Waals surface area contributed by atoms with Gasteiger partial charge in [0.05, 0.1) is 12.2 Å². The van der Waals surface area contributed by atoms with Crippen molar-refractivity contribution >= 4 is 16.8 Å². The van der Waals surface area contributed by atoms with Gasteiger partial charge in [-0.05, 0) is 37.3 Å². The Hall–Kier alpha value is -2.63.